The highest BCUT2D eigenvalue weighted by atomic mass is 16.5. The van der Waals surface area contributed by atoms with Gasteiger partial charge in [0.25, 0.3) is 0 Å². The topological polar surface area (TPSA) is 66.8 Å². The van der Waals surface area contributed by atoms with Crippen molar-refractivity contribution in [2.45, 2.75) is 37.9 Å². The predicted molar refractivity (Wildman–Crippen MR) is 67.5 cm³/mol. The molecule has 1 N–H and O–H groups in total. The predicted octanol–water partition coefficient (Wildman–Crippen LogP) is 1.04. The van der Waals surface area contributed by atoms with E-state index in [1.165, 1.54) is 0 Å². The molecule has 0 spiro atoms. The molecule has 3 rings (SSSR count). The van der Waals surface area contributed by atoms with Gasteiger partial charge in [0.15, 0.2) is 0 Å². The van der Waals surface area contributed by atoms with Crippen molar-refractivity contribution >= 4 is 11.9 Å². The maximum atomic E-state index is 12.6. The van der Waals surface area contributed by atoms with E-state index in [1.54, 1.807) is 6.08 Å². The van der Waals surface area contributed by atoms with Crippen LogP contribution in [-0.4, -0.2) is 47.2 Å². The molecule has 0 aromatic rings. The van der Waals surface area contributed by atoms with Gasteiger partial charge < -0.3 is 14.7 Å². The molecular weight excluding hydrogens is 246 g/mol. The van der Waals surface area contributed by atoms with E-state index in [-0.39, 0.29) is 12.0 Å². The molecule has 0 aromatic carbocycles. The summed E-state index contributed by atoms with van der Waals surface area (Å²) in [6, 6.07) is 0. The monoisotopic (exact) mass is 265 g/mol. The summed E-state index contributed by atoms with van der Waals surface area (Å²) < 4.78 is 5.56. The average molecular weight is 265 g/mol. The van der Waals surface area contributed by atoms with Gasteiger partial charge in [-0.1, -0.05) is 25.0 Å². The molecule has 3 aliphatic rings. The average Bonchev–Trinajstić information content (AvgIpc) is 2.89. The van der Waals surface area contributed by atoms with Gasteiger partial charge in [0.2, 0.25) is 5.91 Å². The summed E-state index contributed by atoms with van der Waals surface area (Å²) in [5.41, 5.74) is 0. The number of likely N-dealkylation sites (tertiary alicyclic amines) is 1. The summed E-state index contributed by atoms with van der Waals surface area (Å²) in [6.45, 7) is 1.51. The van der Waals surface area contributed by atoms with Crippen LogP contribution < -0.4 is 0 Å². The number of ether oxygens (including phenoxy) is 1. The van der Waals surface area contributed by atoms with Gasteiger partial charge in [-0.05, 0) is 12.8 Å². The van der Waals surface area contributed by atoms with Crippen LogP contribution in [0.25, 0.3) is 0 Å². The molecule has 0 unspecified atom stereocenters. The summed E-state index contributed by atoms with van der Waals surface area (Å²) in [5.74, 6) is -2.22. The Balaban J connectivity index is 1.78. The van der Waals surface area contributed by atoms with Crippen LogP contribution in [-0.2, 0) is 14.3 Å². The van der Waals surface area contributed by atoms with Crippen molar-refractivity contribution < 1.29 is 19.4 Å². The van der Waals surface area contributed by atoms with Crippen LogP contribution in [0.3, 0.4) is 0 Å². The smallest absolute Gasteiger partial charge is 0.310 e. The van der Waals surface area contributed by atoms with Crippen molar-refractivity contribution in [1.82, 2.24) is 4.90 Å². The quantitative estimate of drug-likeness (QED) is 0.758. The fraction of sp³-hybridized carbons (Fsp3) is 0.714. The number of carboxylic acids is 1. The maximum Gasteiger partial charge on any atom is 0.310 e. The minimum Gasteiger partial charge on any atom is -0.481 e. The van der Waals surface area contributed by atoms with Crippen molar-refractivity contribution in [2.24, 2.45) is 11.8 Å². The molecule has 0 saturated carbocycles. The number of amides is 1. The molecule has 3 heterocycles. The second-order valence-corrected chi connectivity index (χ2v) is 5.58. The van der Waals surface area contributed by atoms with E-state index in [0.29, 0.717) is 0 Å². The lowest BCUT2D eigenvalue weighted by atomic mass is 9.82. The number of carbonyl (C=O) groups is 2. The first-order valence-corrected chi connectivity index (χ1v) is 7.04. The van der Waals surface area contributed by atoms with Crippen molar-refractivity contribution in [3.63, 3.8) is 0 Å². The third-order valence-corrected chi connectivity index (χ3v) is 4.39. The lowest BCUT2D eigenvalue weighted by Gasteiger charge is -2.28. The molecule has 2 bridgehead atoms. The normalized spacial score (nSPS) is 37.4. The number of hydrogen-bond acceptors (Lipinski definition) is 3. The molecular formula is C14H19NO4. The third-order valence-electron chi connectivity index (χ3n) is 4.39. The van der Waals surface area contributed by atoms with Crippen LogP contribution in [0.2, 0.25) is 0 Å². The van der Waals surface area contributed by atoms with E-state index >= 15 is 0 Å². The molecule has 4 atom stereocenters. The molecule has 2 saturated heterocycles. The number of rotatable bonds is 2. The zero-order valence-corrected chi connectivity index (χ0v) is 10.8. The van der Waals surface area contributed by atoms with Gasteiger partial charge in [-0.2, -0.15) is 0 Å². The first-order valence-electron chi connectivity index (χ1n) is 7.04. The first kappa shape index (κ1) is 12.7. The Bertz CT molecular complexity index is 412. The minimum absolute atomic E-state index is 0.0360. The van der Waals surface area contributed by atoms with Gasteiger partial charge in [0, 0.05) is 13.1 Å². The maximum absolute atomic E-state index is 12.6. The van der Waals surface area contributed by atoms with Crippen LogP contribution in [0.5, 0.6) is 0 Å². The van der Waals surface area contributed by atoms with Crippen molar-refractivity contribution in [2.75, 3.05) is 13.1 Å². The number of fused-ring (bicyclic) bond motifs is 2. The molecule has 0 radical (unpaired) electrons. The zero-order valence-electron chi connectivity index (χ0n) is 10.8. The number of carbonyl (C=O) groups excluding carboxylic acids is 1. The molecule has 5 heteroatoms. The van der Waals surface area contributed by atoms with E-state index in [0.717, 1.165) is 38.8 Å². The Labute approximate surface area is 112 Å². The Hall–Kier alpha value is -1.36. The summed E-state index contributed by atoms with van der Waals surface area (Å²) in [4.78, 5) is 25.8. The summed E-state index contributed by atoms with van der Waals surface area (Å²) in [7, 11) is 0. The summed E-state index contributed by atoms with van der Waals surface area (Å²) in [6.07, 6.45) is 7.17. The molecule has 19 heavy (non-hydrogen) atoms. The fourth-order valence-electron chi connectivity index (χ4n) is 3.40. The van der Waals surface area contributed by atoms with Gasteiger partial charge >= 0.3 is 5.97 Å². The van der Waals surface area contributed by atoms with Gasteiger partial charge in [-0.3, -0.25) is 9.59 Å². The van der Waals surface area contributed by atoms with E-state index < -0.39 is 23.9 Å². The molecule has 2 fully saturated rings. The van der Waals surface area contributed by atoms with E-state index in [1.807, 2.05) is 11.0 Å². The molecule has 0 aliphatic carbocycles. The Morgan fingerprint density at radius 3 is 2.16 bits per heavy atom. The van der Waals surface area contributed by atoms with Crippen molar-refractivity contribution in [3.05, 3.63) is 12.2 Å². The highest BCUT2D eigenvalue weighted by Crippen LogP contribution is 2.40. The molecule has 104 valence electrons. The Kier molecular flexibility index (Phi) is 3.31. The lowest BCUT2D eigenvalue weighted by molar-refractivity contribution is -0.149. The third kappa shape index (κ3) is 2.16. The van der Waals surface area contributed by atoms with Gasteiger partial charge in [0.05, 0.1) is 18.1 Å². The highest BCUT2D eigenvalue weighted by molar-refractivity contribution is 5.87. The number of nitrogens with zero attached hydrogens (tertiary/aromatic N) is 1. The SMILES string of the molecule is O=C(O)[C@H]1[C@@H](C(=O)N2CCCCCC2)[C@H]2C=C[C@H]1O2. The standard InChI is InChI=1S/C14H19NO4/c16-13(15-7-3-1-2-4-8-15)11-9-5-6-10(19-9)12(11)14(17)18/h5-6,9-12H,1-4,7-8H2,(H,17,18)/t9-,10-,11+,12-/m1/s1. The van der Waals surface area contributed by atoms with E-state index in [9.17, 15) is 14.7 Å². The van der Waals surface area contributed by atoms with Crippen LogP contribution >= 0.6 is 0 Å². The van der Waals surface area contributed by atoms with E-state index in [2.05, 4.69) is 0 Å². The lowest BCUT2D eigenvalue weighted by Crippen LogP contribution is -2.45. The second-order valence-electron chi connectivity index (χ2n) is 5.58. The van der Waals surface area contributed by atoms with Gasteiger partial charge in [0.1, 0.15) is 5.92 Å². The molecule has 5 nitrogen and oxygen atoms in total. The highest BCUT2D eigenvalue weighted by Gasteiger charge is 2.54. The largest absolute Gasteiger partial charge is 0.481 e. The van der Waals surface area contributed by atoms with Crippen LogP contribution in [0, 0.1) is 11.8 Å². The Morgan fingerprint density at radius 1 is 1.00 bits per heavy atom. The second kappa shape index (κ2) is 4.96. The summed E-state index contributed by atoms with van der Waals surface area (Å²) in [5, 5.41) is 9.32. The number of carboxylic acid groups (broad SMARTS) is 1. The number of aliphatic carboxylic acids is 1. The van der Waals surface area contributed by atoms with Crippen molar-refractivity contribution in [1.29, 1.82) is 0 Å². The van der Waals surface area contributed by atoms with Gasteiger partial charge in [-0.15, -0.1) is 0 Å². The first-order chi connectivity index (χ1) is 9.18. The minimum atomic E-state index is -0.926. The number of hydrogen-bond donors (Lipinski definition) is 1. The Morgan fingerprint density at radius 2 is 1.58 bits per heavy atom. The van der Waals surface area contributed by atoms with Gasteiger partial charge in [-0.25, -0.2) is 0 Å². The van der Waals surface area contributed by atoms with Crippen molar-refractivity contribution in [3.8, 4) is 0 Å². The summed E-state index contributed by atoms with van der Waals surface area (Å²) >= 11 is 0. The molecule has 0 aromatic heterocycles. The van der Waals surface area contributed by atoms with Crippen LogP contribution in [0.15, 0.2) is 12.2 Å². The fourth-order valence-corrected chi connectivity index (χ4v) is 3.40. The molecule has 1 amide bonds. The van der Waals surface area contributed by atoms with Crippen LogP contribution in [0.4, 0.5) is 0 Å². The van der Waals surface area contributed by atoms with E-state index in [4.69, 9.17) is 4.74 Å². The van der Waals surface area contributed by atoms with Crippen LogP contribution in [0.1, 0.15) is 25.7 Å². The molecule has 3 aliphatic heterocycles. The zero-order chi connectivity index (χ0) is 13.4.